The van der Waals surface area contributed by atoms with Gasteiger partial charge in [-0.25, -0.2) is 4.98 Å². The van der Waals surface area contributed by atoms with Gasteiger partial charge in [0.25, 0.3) is 0 Å². The Kier molecular flexibility index (Phi) is 2.38. The van der Waals surface area contributed by atoms with Crippen LogP contribution in [0.25, 0.3) is 22.6 Å². The number of benzene rings is 2. The van der Waals surface area contributed by atoms with E-state index in [4.69, 9.17) is 16.0 Å². The van der Waals surface area contributed by atoms with E-state index in [1.807, 2.05) is 12.1 Å². The quantitative estimate of drug-likeness (QED) is 0.703. The summed E-state index contributed by atoms with van der Waals surface area (Å²) in [5, 5.41) is 19.3. The lowest BCUT2D eigenvalue weighted by Gasteiger charge is -2.02. The van der Waals surface area contributed by atoms with E-state index in [9.17, 15) is 10.2 Å². The monoisotopic (exact) mass is 261 g/mol. The van der Waals surface area contributed by atoms with Crippen LogP contribution >= 0.6 is 11.6 Å². The molecule has 3 rings (SSSR count). The van der Waals surface area contributed by atoms with E-state index >= 15 is 0 Å². The van der Waals surface area contributed by atoms with Crippen LogP contribution in [-0.4, -0.2) is 15.2 Å². The highest BCUT2D eigenvalue weighted by atomic mass is 35.5. The predicted molar refractivity (Wildman–Crippen MR) is 67.8 cm³/mol. The molecule has 18 heavy (non-hydrogen) atoms. The van der Waals surface area contributed by atoms with Crippen molar-refractivity contribution in [3.8, 4) is 23.0 Å². The molecular formula is C13H8ClNO3. The normalized spacial score (nSPS) is 10.9. The molecular weight excluding hydrogens is 254 g/mol. The molecule has 1 aromatic heterocycles. The second kappa shape index (κ2) is 3.92. The molecule has 0 aliphatic heterocycles. The Morgan fingerprint density at radius 2 is 1.83 bits per heavy atom. The maximum atomic E-state index is 9.78. The molecule has 0 amide bonds. The molecule has 0 spiro atoms. The van der Waals surface area contributed by atoms with E-state index < -0.39 is 0 Å². The molecule has 3 aromatic rings. The zero-order chi connectivity index (χ0) is 12.7. The summed E-state index contributed by atoms with van der Waals surface area (Å²) in [6, 6.07) is 9.84. The number of phenols is 2. The lowest BCUT2D eigenvalue weighted by molar-refractivity contribution is 0.450. The maximum Gasteiger partial charge on any atom is 0.231 e. The Bertz CT molecular complexity index is 703. The van der Waals surface area contributed by atoms with Crippen molar-refractivity contribution in [3.63, 3.8) is 0 Å². The minimum absolute atomic E-state index is 0.130. The number of hydrogen-bond donors (Lipinski definition) is 2. The molecule has 1 heterocycles. The van der Waals surface area contributed by atoms with Gasteiger partial charge in [-0.2, -0.15) is 0 Å². The molecule has 2 aromatic carbocycles. The standard InChI is InChI=1S/C13H8ClNO3/c14-8-5-7(10(16)6-11(8)17)13-15-9-3-1-2-4-12(9)18-13/h1-6,16-17H. The minimum Gasteiger partial charge on any atom is -0.507 e. The predicted octanol–water partition coefficient (Wildman–Crippen LogP) is 3.56. The molecule has 0 atom stereocenters. The summed E-state index contributed by atoms with van der Waals surface area (Å²) >= 11 is 5.80. The summed E-state index contributed by atoms with van der Waals surface area (Å²) in [6.07, 6.45) is 0. The Labute approximate surface area is 107 Å². The average Bonchev–Trinajstić information content (AvgIpc) is 2.77. The fourth-order valence-corrected chi connectivity index (χ4v) is 1.87. The maximum absolute atomic E-state index is 9.78. The van der Waals surface area contributed by atoms with Gasteiger partial charge >= 0.3 is 0 Å². The Morgan fingerprint density at radius 3 is 2.61 bits per heavy atom. The molecule has 0 saturated heterocycles. The third kappa shape index (κ3) is 1.67. The van der Waals surface area contributed by atoms with Crippen molar-refractivity contribution in [3.05, 3.63) is 41.4 Å². The number of fused-ring (bicyclic) bond motifs is 1. The Balaban J connectivity index is 2.22. The summed E-state index contributed by atoms with van der Waals surface area (Å²) in [6.45, 7) is 0. The van der Waals surface area contributed by atoms with Gasteiger partial charge in [-0.05, 0) is 18.2 Å². The number of oxazole rings is 1. The lowest BCUT2D eigenvalue weighted by Crippen LogP contribution is -1.80. The number of phenolic OH excluding ortho intramolecular Hbond substituents is 2. The number of hydrogen-bond acceptors (Lipinski definition) is 4. The molecule has 0 unspecified atom stereocenters. The highest BCUT2D eigenvalue weighted by Gasteiger charge is 2.14. The van der Waals surface area contributed by atoms with Gasteiger partial charge in [-0.15, -0.1) is 0 Å². The molecule has 0 radical (unpaired) electrons. The molecule has 4 nitrogen and oxygen atoms in total. The first kappa shape index (κ1) is 10.9. The van der Waals surface area contributed by atoms with Crippen LogP contribution in [0.2, 0.25) is 5.02 Å². The molecule has 2 N–H and O–H groups in total. The van der Waals surface area contributed by atoms with Gasteiger partial charge in [0.15, 0.2) is 5.58 Å². The van der Waals surface area contributed by atoms with Crippen molar-refractivity contribution in [2.75, 3.05) is 0 Å². The van der Waals surface area contributed by atoms with Crippen LogP contribution in [0, 0.1) is 0 Å². The lowest BCUT2D eigenvalue weighted by atomic mass is 10.2. The van der Waals surface area contributed by atoms with Crippen LogP contribution < -0.4 is 0 Å². The van der Waals surface area contributed by atoms with Crippen molar-refractivity contribution in [1.82, 2.24) is 4.98 Å². The highest BCUT2D eigenvalue weighted by molar-refractivity contribution is 6.32. The van der Waals surface area contributed by atoms with E-state index in [-0.39, 0.29) is 22.4 Å². The van der Waals surface area contributed by atoms with Crippen LogP contribution in [0.3, 0.4) is 0 Å². The van der Waals surface area contributed by atoms with Gasteiger partial charge in [-0.1, -0.05) is 23.7 Å². The van der Waals surface area contributed by atoms with Gasteiger partial charge in [-0.3, -0.25) is 0 Å². The van der Waals surface area contributed by atoms with Gasteiger partial charge in [0, 0.05) is 6.07 Å². The average molecular weight is 262 g/mol. The molecule has 5 heteroatoms. The third-order valence-electron chi connectivity index (χ3n) is 2.59. The first-order chi connectivity index (χ1) is 8.65. The fraction of sp³-hybridized carbons (Fsp3) is 0. The van der Waals surface area contributed by atoms with E-state index in [1.165, 1.54) is 6.07 Å². The van der Waals surface area contributed by atoms with Gasteiger partial charge < -0.3 is 14.6 Å². The summed E-state index contributed by atoms with van der Waals surface area (Å²) in [7, 11) is 0. The van der Waals surface area contributed by atoms with Crippen LogP contribution in [0.5, 0.6) is 11.5 Å². The zero-order valence-corrected chi connectivity index (χ0v) is 9.85. The number of nitrogens with zero attached hydrogens (tertiary/aromatic N) is 1. The number of halogens is 1. The summed E-state index contributed by atoms with van der Waals surface area (Å²) < 4.78 is 5.52. The van der Waals surface area contributed by atoms with Crippen molar-refractivity contribution in [2.45, 2.75) is 0 Å². The summed E-state index contributed by atoms with van der Waals surface area (Å²) in [5.41, 5.74) is 1.65. The van der Waals surface area contributed by atoms with Gasteiger partial charge in [0.05, 0.1) is 10.6 Å². The van der Waals surface area contributed by atoms with Crippen molar-refractivity contribution >= 4 is 22.7 Å². The SMILES string of the molecule is Oc1cc(O)c(-c2nc3ccccc3o2)cc1Cl. The highest BCUT2D eigenvalue weighted by Crippen LogP contribution is 2.37. The first-order valence-corrected chi connectivity index (χ1v) is 5.60. The van der Waals surface area contributed by atoms with Crippen LogP contribution in [0.15, 0.2) is 40.8 Å². The van der Waals surface area contributed by atoms with Gasteiger partial charge in [0.1, 0.15) is 17.0 Å². The number of aromatic nitrogens is 1. The molecule has 0 bridgehead atoms. The van der Waals surface area contributed by atoms with E-state index in [0.717, 1.165) is 6.07 Å². The topological polar surface area (TPSA) is 66.5 Å². The molecule has 0 fully saturated rings. The minimum atomic E-state index is -0.186. The number of para-hydroxylation sites is 2. The van der Waals surface area contributed by atoms with Crippen molar-refractivity contribution in [2.24, 2.45) is 0 Å². The molecule has 0 aliphatic carbocycles. The zero-order valence-electron chi connectivity index (χ0n) is 9.09. The number of aromatic hydroxyl groups is 2. The third-order valence-corrected chi connectivity index (χ3v) is 2.89. The van der Waals surface area contributed by atoms with Crippen molar-refractivity contribution in [1.29, 1.82) is 0 Å². The van der Waals surface area contributed by atoms with Crippen molar-refractivity contribution < 1.29 is 14.6 Å². The molecule has 0 aliphatic rings. The summed E-state index contributed by atoms with van der Waals surface area (Å²) in [5.74, 6) is -0.0620. The van der Waals surface area contributed by atoms with E-state index in [2.05, 4.69) is 4.98 Å². The number of rotatable bonds is 1. The van der Waals surface area contributed by atoms with Gasteiger partial charge in [0.2, 0.25) is 5.89 Å². The fourth-order valence-electron chi connectivity index (χ4n) is 1.71. The Morgan fingerprint density at radius 1 is 1.06 bits per heavy atom. The molecule has 90 valence electrons. The second-order valence-corrected chi connectivity index (χ2v) is 4.21. The van der Waals surface area contributed by atoms with E-state index in [1.54, 1.807) is 12.1 Å². The van der Waals surface area contributed by atoms with Crippen LogP contribution in [-0.2, 0) is 0 Å². The van der Waals surface area contributed by atoms with Crippen LogP contribution in [0.1, 0.15) is 0 Å². The molecule has 0 saturated carbocycles. The Hall–Kier alpha value is -2.20. The van der Waals surface area contributed by atoms with E-state index in [0.29, 0.717) is 16.7 Å². The second-order valence-electron chi connectivity index (χ2n) is 3.81. The summed E-state index contributed by atoms with van der Waals surface area (Å²) in [4.78, 5) is 4.25. The largest absolute Gasteiger partial charge is 0.507 e. The van der Waals surface area contributed by atoms with Crippen LogP contribution in [0.4, 0.5) is 0 Å². The smallest absolute Gasteiger partial charge is 0.231 e. The first-order valence-electron chi connectivity index (χ1n) is 5.22.